The molecule has 0 aliphatic heterocycles. The van der Waals surface area contributed by atoms with Crippen LogP contribution in [0.4, 0.5) is 17.1 Å². The lowest BCUT2D eigenvalue weighted by Crippen LogP contribution is -2.04. The van der Waals surface area contributed by atoms with E-state index in [-0.39, 0.29) is 11.4 Å². The zero-order chi connectivity index (χ0) is 20.3. The number of hydrogen-bond acceptors (Lipinski definition) is 6. The Balaban J connectivity index is 1.93. The van der Waals surface area contributed by atoms with Crippen molar-refractivity contribution in [3.05, 3.63) is 91.8 Å². The maximum absolute atomic E-state index is 11.2. The van der Waals surface area contributed by atoms with Gasteiger partial charge in [-0.15, -0.1) is 0 Å². The van der Waals surface area contributed by atoms with Crippen LogP contribution >= 0.6 is 0 Å². The summed E-state index contributed by atoms with van der Waals surface area (Å²) in [4.78, 5) is 20.7. The number of rotatable bonds is 6. The molecular formula is C19H17N5O4. The first-order valence-electron chi connectivity index (χ1n) is 8.34. The van der Waals surface area contributed by atoms with Crippen LogP contribution in [-0.4, -0.2) is 20.6 Å². The molecule has 9 heteroatoms. The highest BCUT2D eigenvalue weighted by atomic mass is 16.6. The van der Waals surface area contributed by atoms with Gasteiger partial charge in [-0.25, -0.2) is 0 Å². The van der Waals surface area contributed by atoms with Crippen LogP contribution < -0.4 is 5.43 Å². The maximum atomic E-state index is 11.2. The summed E-state index contributed by atoms with van der Waals surface area (Å²) in [5, 5.41) is 26.2. The number of anilines is 1. The van der Waals surface area contributed by atoms with Crippen LogP contribution in [0.1, 0.15) is 17.0 Å². The molecule has 0 aliphatic rings. The third kappa shape index (κ3) is 3.73. The molecule has 0 spiro atoms. The van der Waals surface area contributed by atoms with E-state index in [1.807, 2.05) is 54.8 Å². The van der Waals surface area contributed by atoms with E-state index in [4.69, 9.17) is 0 Å². The number of nitro groups is 2. The number of nitro benzene ring substituents is 2. The van der Waals surface area contributed by atoms with Gasteiger partial charge in [0.15, 0.2) is 0 Å². The van der Waals surface area contributed by atoms with Gasteiger partial charge >= 0.3 is 5.69 Å². The van der Waals surface area contributed by atoms with Gasteiger partial charge < -0.3 is 4.57 Å². The highest BCUT2D eigenvalue weighted by molar-refractivity contribution is 5.82. The van der Waals surface area contributed by atoms with Crippen LogP contribution in [-0.2, 0) is 0 Å². The molecule has 0 amide bonds. The molecule has 3 aromatic rings. The van der Waals surface area contributed by atoms with Crippen LogP contribution in [0.25, 0.3) is 5.69 Å². The molecule has 0 aliphatic carbocycles. The standard InChI is InChI=1S/C19H17N5O4/c1-13-10-14(2)22(15-6-4-3-5-7-15)19(13)12-20-21-17-9-8-16(23(25)26)11-18(17)24(27)28/h3-12,21H,1-2H3/b20-12-. The molecule has 3 rings (SSSR count). The van der Waals surface area contributed by atoms with Gasteiger partial charge in [-0.1, -0.05) is 18.2 Å². The van der Waals surface area contributed by atoms with Crippen LogP contribution in [0.3, 0.4) is 0 Å². The predicted molar refractivity (Wildman–Crippen MR) is 106 cm³/mol. The summed E-state index contributed by atoms with van der Waals surface area (Å²) in [5.41, 5.74) is 5.71. The number of nitrogens with one attached hydrogen (secondary N) is 1. The molecule has 0 radical (unpaired) electrons. The van der Waals surface area contributed by atoms with Gasteiger partial charge in [-0.2, -0.15) is 5.10 Å². The minimum absolute atomic E-state index is 0.0686. The molecule has 28 heavy (non-hydrogen) atoms. The normalized spacial score (nSPS) is 10.9. The van der Waals surface area contributed by atoms with Crippen molar-refractivity contribution in [3.63, 3.8) is 0 Å². The fourth-order valence-corrected chi connectivity index (χ4v) is 2.94. The highest BCUT2D eigenvalue weighted by Gasteiger charge is 2.19. The molecule has 9 nitrogen and oxygen atoms in total. The minimum Gasteiger partial charge on any atom is -0.313 e. The summed E-state index contributed by atoms with van der Waals surface area (Å²) >= 11 is 0. The number of aryl methyl sites for hydroxylation is 2. The van der Waals surface area contributed by atoms with Crippen molar-refractivity contribution in [1.29, 1.82) is 0 Å². The fraction of sp³-hybridized carbons (Fsp3) is 0.105. The molecule has 1 heterocycles. The van der Waals surface area contributed by atoms with E-state index in [1.165, 1.54) is 12.1 Å². The summed E-state index contributed by atoms with van der Waals surface area (Å²) in [7, 11) is 0. The molecule has 0 atom stereocenters. The van der Waals surface area contributed by atoms with E-state index in [9.17, 15) is 20.2 Å². The smallest absolute Gasteiger partial charge is 0.301 e. The Morgan fingerprint density at radius 2 is 1.71 bits per heavy atom. The number of nitrogens with zero attached hydrogens (tertiary/aromatic N) is 4. The number of hydrogen-bond donors (Lipinski definition) is 1. The molecule has 0 saturated heterocycles. The molecule has 0 fully saturated rings. The third-order valence-electron chi connectivity index (χ3n) is 4.20. The maximum Gasteiger partial charge on any atom is 0.301 e. The van der Waals surface area contributed by atoms with E-state index in [0.29, 0.717) is 0 Å². The summed E-state index contributed by atoms with van der Waals surface area (Å²) in [6.45, 7) is 3.92. The van der Waals surface area contributed by atoms with Crippen molar-refractivity contribution >= 4 is 23.3 Å². The Hall–Kier alpha value is -4.01. The topological polar surface area (TPSA) is 116 Å². The van der Waals surface area contributed by atoms with E-state index in [0.717, 1.165) is 28.7 Å². The molecule has 1 aromatic heterocycles. The number of benzene rings is 2. The molecule has 142 valence electrons. The lowest BCUT2D eigenvalue weighted by atomic mass is 10.2. The number of non-ortho nitro benzene ring substituents is 1. The lowest BCUT2D eigenvalue weighted by Gasteiger charge is -2.09. The van der Waals surface area contributed by atoms with Gasteiger partial charge in [0.1, 0.15) is 5.69 Å². The summed E-state index contributed by atoms with van der Waals surface area (Å²) < 4.78 is 2.02. The van der Waals surface area contributed by atoms with Crippen LogP contribution in [0.5, 0.6) is 0 Å². The summed E-state index contributed by atoms with van der Waals surface area (Å²) in [6, 6.07) is 15.1. The Morgan fingerprint density at radius 3 is 2.36 bits per heavy atom. The highest BCUT2D eigenvalue weighted by Crippen LogP contribution is 2.29. The van der Waals surface area contributed by atoms with Crippen molar-refractivity contribution in [1.82, 2.24) is 4.57 Å². The van der Waals surface area contributed by atoms with Gasteiger partial charge in [-0.3, -0.25) is 25.7 Å². The van der Waals surface area contributed by atoms with Crippen LogP contribution in [0.15, 0.2) is 59.7 Å². The second-order valence-corrected chi connectivity index (χ2v) is 6.11. The first-order chi connectivity index (χ1) is 13.4. The van der Waals surface area contributed by atoms with Gasteiger partial charge in [-0.05, 0) is 43.7 Å². The Bertz CT molecular complexity index is 1070. The number of aromatic nitrogens is 1. The van der Waals surface area contributed by atoms with Crippen LogP contribution in [0.2, 0.25) is 0 Å². The average Bonchev–Trinajstić information content (AvgIpc) is 2.95. The van der Waals surface area contributed by atoms with E-state index >= 15 is 0 Å². The second-order valence-electron chi connectivity index (χ2n) is 6.11. The molecule has 0 saturated carbocycles. The fourth-order valence-electron chi connectivity index (χ4n) is 2.94. The third-order valence-corrected chi connectivity index (χ3v) is 4.20. The largest absolute Gasteiger partial charge is 0.313 e. The lowest BCUT2D eigenvalue weighted by molar-refractivity contribution is -0.393. The second kappa shape index (κ2) is 7.70. The Labute approximate surface area is 160 Å². The van der Waals surface area contributed by atoms with Crippen molar-refractivity contribution in [2.24, 2.45) is 5.10 Å². The monoisotopic (exact) mass is 379 g/mol. The van der Waals surface area contributed by atoms with Gasteiger partial charge in [0.05, 0.1) is 27.8 Å². The molecule has 1 N–H and O–H groups in total. The number of hydrazone groups is 1. The predicted octanol–water partition coefficient (Wildman–Crippen LogP) is 4.36. The number of para-hydroxylation sites is 1. The molecule has 0 bridgehead atoms. The molecular weight excluding hydrogens is 362 g/mol. The van der Waals surface area contributed by atoms with Crippen molar-refractivity contribution in [2.45, 2.75) is 13.8 Å². The SMILES string of the molecule is Cc1cc(C)n(-c2ccccc2)c1/C=N\Nc1ccc([N+](=O)[O-])cc1[N+](=O)[O-]. The molecule has 2 aromatic carbocycles. The van der Waals surface area contributed by atoms with E-state index in [2.05, 4.69) is 10.5 Å². The van der Waals surface area contributed by atoms with Crippen molar-refractivity contribution < 1.29 is 9.85 Å². The van der Waals surface area contributed by atoms with Gasteiger partial charge in [0, 0.05) is 17.4 Å². The first-order valence-corrected chi connectivity index (χ1v) is 8.34. The van der Waals surface area contributed by atoms with E-state index in [1.54, 1.807) is 6.21 Å². The quantitative estimate of drug-likeness (QED) is 0.388. The molecule has 0 unspecified atom stereocenters. The van der Waals surface area contributed by atoms with Crippen LogP contribution in [0, 0.1) is 34.1 Å². The average molecular weight is 379 g/mol. The minimum atomic E-state index is -0.688. The van der Waals surface area contributed by atoms with Crippen molar-refractivity contribution in [3.8, 4) is 5.69 Å². The van der Waals surface area contributed by atoms with E-state index < -0.39 is 15.5 Å². The van der Waals surface area contributed by atoms with Gasteiger partial charge in [0.2, 0.25) is 0 Å². The summed E-state index contributed by atoms with van der Waals surface area (Å²) in [6.07, 6.45) is 1.57. The first kappa shape index (κ1) is 18.8. The zero-order valence-electron chi connectivity index (χ0n) is 15.2. The zero-order valence-corrected chi connectivity index (χ0v) is 15.2. The van der Waals surface area contributed by atoms with Gasteiger partial charge in [0.25, 0.3) is 5.69 Å². The summed E-state index contributed by atoms with van der Waals surface area (Å²) in [5.74, 6) is 0. The Morgan fingerprint density at radius 1 is 1.00 bits per heavy atom. The van der Waals surface area contributed by atoms with Crippen molar-refractivity contribution in [2.75, 3.05) is 5.43 Å². The Kier molecular flexibility index (Phi) is 5.16.